The Bertz CT molecular complexity index is 518. The van der Waals surface area contributed by atoms with Crippen LogP contribution in [0.1, 0.15) is 37.7 Å². The Kier molecular flexibility index (Phi) is 4.88. The maximum atomic E-state index is 4.57. The van der Waals surface area contributed by atoms with E-state index in [0.717, 1.165) is 24.8 Å². The molecule has 1 aromatic heterocycles. The van der Waals surface area contributed by atoms with Crippen molar-refractivity contribution in [2.75, 3.05) is 11.4 Å². The first-order valence-electron chi connectivity index (χ1n) is 8.12. The molecular weight excluding hydrogens is 256 g/mol. The monoisotopic (exact) mass is 280 g/mol. The standard InChI is InChI=1S/C19H24N2/c1-3-9-17(10-4-1)15-21(19-13-7-8-14-20-19)16-18-11-5-2-6-12-18/h1,3-4,7-10,13-14,18H,2,5-6,11-12,15-16H2. The molecule has 3 rings (SSSR count). The van der Waals surface area contributed by atoms with Crippen LogP contribution in [0.15, 0.2) is 54.7 Å². The van der Waals surface area contributed by atoms with E-state index >= 15 is 0 Å². The van der Waals surface area contributed by atoms with E-state index in [1.807, 2.05) is 12.3 Å². The topological polar surface area (TPSA) is 16.1 Å². The van der Waals surface area contributed by atoms with Crippen molar-refractivity contribution >= 4 is 5.82 Å². The summed E-state index contributed by atoms with van der Waals surface area (Å²) in [5, 5.41) is 0. The van der Waals surface area contributed by atoms with Gasteiger partial charge in [0.25, 0.3) is 0 Å². The van der Waals surface area contributed by atoms with Crippen LogP contribution in [-0.4, -0.2) is 11.5 Å². The summed E-state index contributed by atoms with van der Waals surface area (Å²) in [6.07, 6.45) is 8.85. The first kappa shape index (κ1) is 14.1. The van der Waals surface area contributed by atoms with Gasteiger partial charge in [-0.1, -0.05) is 55.7 Å². The predicted molar refractivity (Wildman–Crippen MR) is 88.3 cm³/mol. The second-order valence-electron chi connectivity index (χ2n) is 6.06. The smallest absolute Gasteiger partial charge is 0.128 e. The Morgan fingerprint density at radius 1 is 0.905 bits per heavy atom. The van der Waals surface area contributed by atoms with E-state index < -0.39 is 0 Å². The van der Waals surface area contributed by atoms with E-state index in [1.54, 1.807) is 0 Å². The lowest BCUT2D eigenvalue weighted by molar-refractivity contribution is 0.357. The Morgan fingerprint density at radius 3 is 2.38 bits per heavy atom. The fourth-order valence-corrected chi connectivity index (χ4v) is 3.27. The lowest BCUT2D eigenvalue weighted by atomic mass is 9.89. The molecule has 2 aromatic rings. The van der Waals surface area contributed by atoms with Crippen LogP contribution < -0.4 is 4.90 Å². The fraction of sp³-hybridized carbons (Fsp3) is 0.421. The summed E-state index contributed by atoms with van der Waals surface area (Å²) in [6, 6.07) is 16.9. The van der Waals surface area contributed by atoms with Gasteiger partial charge in [-0.25, -0.2) is 4.98 Å². The number of benzene rings is 1. The van der Waals surface area contributed by atoms with Crippen molar-refractivity contribution in [2.24, 2.45) is 5.92 Å². The second-order valence-corrected chi connectivity index (χ2v) is 6.06. The highest BCUT2D eigenvalue weighted by Crippen LogP contribution is 2.26. The SMILES string of the molecule is c1ccc(CN(CC2CCCCC2)c2ccccn2)cc1. The zero-order chi connectivity index (χ0) is 14.3. The zero-order valence-electron chi connectivity index (χ0n) is 12.6. The predicted octanol–water partition coefficient (Wildman–Crippen LogP) is 4.67. The minimum absolute atomic E-state index is 0.824. The van der Waals surface area contributed by atoms with Crippen LogP contribution in [0.25, 0.3) is 0 Å². The first-order valence-corrected chi connectivity index (χ1v) is 8.12. The van der Waals surface area contributed by atoms with Crippen molar-refractivity contribution in [2.45, 2.75) is 38.6 Å². The average molecular weight is 280 g/mol. The Hall–Kier alpha value is -1.83. The average Bonchev–Trinajstić information content (AvgIpc) is 2.57. The molecule has 0 unspecified atom stereocenters. The summed E-state index contributed by atoms with van der Waals surface area (Å²) < 4.78 is 0. The van der Waals surface area contributed by atoms with E-state index in [0.29, 0.717) is 0 Å². The van der Waals surface area contributed by atoms with E-state index in [2.05, 4.69) is 52.3 Å². The summed E-state index contributed by atoms with van der Waals surface area (Å²) in [7, 11) is 0. The van der Waals surface area contributed by atoms with Crippen molar-refractivity contribution in [3.63, 3.8) is 0 Å². The van der Waals surface area contributed by atoms with Crippen LogP contribution in [0.4, 0.5) is 5.82 Å². The third-order valence-corrected chi connectivity index (χ3v) is 4.39. The summed E-state index contributed by atoms with van der Waals surface area (Å²) in [4.78, 5) is 7.02. The highest BCUT2D eigenvalue weighted by atomic mass is 15.2. The molecule has 0 amide bonds. The molecule has 1 fully saturated rings. The Morgan fingerprint density at radius 2 is 1.67 bits per heavy atom. The van der Waals surface area contributed by atoms with Gasteiger partial charge in [-0.05, 0) is 36.5 Å². The van der Waals surface area contributed by atoms with Crippen molar-refractivity contribution < 1.29 is 0 Å². The number of anilines is 1. The van der Waals surface area contributed by atoms with Crippen LogP contribution in [0.3, 0.4) is 0 Å². The zero-order valence-corrected chi connectivity index (χ0v) is 12.6. The Labute approximate surface area is 127 Å². The second kappa shape index (κ2) is 7.26. The van der Waals surface area contributed by atoms with E-state index in [1.165, 1.54) is 37.7 Å². The molecule has 0 saturated heterocycles. The van der Waals surface area contributed by atoms with Crippen molar-refractivity contribution in [1.82, 2.24) is 4.98 Å². The number of aromatic nitrogens is 1. The molecule has 2 nitrogen and oxygen atoms in total. The van der Waals surface area contributed by atoms with E-state index in [9.17, 15) is 0 Å². The molecule has 0 aliphatic heterocycles. The third kappa shape index (κ3) is 4.07. The lowest BCUT2D eigenvalue weighted by Crippen LogP contribution is -2.30. The summed E-state index contributed by atoms with van der Waals surface area (Å²) >= 11 is 0. The number of hydrogen-bond donors (Lipinski definition) is 0. The molecule has 1 aromatic carbocycles. The molecule has 1 aliphatic rings. The molecule has 0 spiro atoms. The number of pyridine rings is 1. The molecular formula is C19H24N2. The molecule has 0 bridgehead atoms. The highest BCUT2D eigenvalue weighted by Gasteiger charge is 2.18. The van der Waals surface area contributed by atoms with Gasteiger partial charge < -0.3 is 4.90 Å². The summed E-state index contributed by atoms with van der Waals surface area (Å²) in [6.45, 7) is 2.08. The molecule has 1 aliphatic carbocycles. The van der Waals surface area contributed by atoms with Crippen molar-refractivity contribution in [1.29, 1.82) is 0 Å². The van der Waals surface area contributed by atoms with E-state index in [4.69, 9.17) is 0 Å². The van der Waals surface area contributed by atoms with Crippen LogP contribution in [-0.2, 0) is 6.54 Å². The molecule has 0 atom stereocenters. The molecule has 0 radical (unpaired) electrons. The van der Waals surface area contributed by atoms with Gasteiger partial charge in [-0.3, -0.25) is 0 Å². The van der Waals surface area contributed by atoms with Crippen LogP contribution in [0.2, 0.25) is 0 Å². The minimum atomic E-state index is 0.824. The molecule has 1 heterocycles. The molecule has 1 saturated carbocycles. The van der Waals surface area contributed by atoms with Crippen molar-refractivity contribution in [3.8, 4) is 0 Å². The number of hydrogen-bond acceptors (Lipinski definition) is 2. The van der Waals surface area contributed by atoms with Gasteiger partial charge in [0.1, 0.15) is 5.82 Å². The maximum Gasteiger partial charge on any atom is 0.128 e. The van der Waals surface area contributed by atoms with Gasteiger partial charge in [0.2, 0.25) is 0 Å². The normalized spacial score (nSPS) is 15.8. The molecule has 21 heavy (non-hydrogen) atoms. The first-order chi connectivity index (χ1) is 10.4. The minimum Gasteiger partial charge on any atom is -0.352 e. The Balaban J connectivity index is 1.74. The van der Waals surface area contributed by atoms with Gasteiger partial charge in [0.15, 0.2) is 0 Å². The number of nitrogens with zero attached hydrogens (tertiary/aromatic N) is 2. The van der Waals surface area contributed by atoms with Crippen molar-refractivity contribution in [3.05, 3.63) is 60.3 Å². The van der Waals surface area contributed by atoms with E-state index in [-0.39, 0.29) is 0 Å². The summed E-state index contributed by atoms with van der Waals surface area (Å²) in [5.41, 5.74) is 1.36. The van der Waals surface area contributed by atoms with Crippen LogP contribution in [0.5, 0.6) is 0 Å². The van der Waals surface area contributed by atoms with Crippen LogP contribution >= 0.6 is 0 Å². The molecule has 110 valence electrons. The van der Waals surface area contributed by atoms with Crippen LogP contribution in [0, 0.1) is 5.92 Å². The molecule has 0 N–H and O–H groups in total. The van der Waals surface area contributed by atoms with Gasteiger partial charge >= 0.3 is 0 Å². The largest absolute Gasteiger partial charge is 0.352 e. The van der Waals surface area contributed by atoms with Gasteiger partial charge in [-0.2, -0.15) is 0 Å². The lowest BCUT2D eigenvalue weighted by Gasteiger charge is -2.30. The highest BCUT2D eigenvalue weighted by molar-refractivity contribution is 5.39. The maximum absolute atomic E-state index is 4.57. The number of rotatable bonds is 5. The third-order valence-electron chi connectivity index (χ3n) is 4.39. The summed E-state index contributed by atoms with van der Waals surface area (Å²) in [5.74, 6) is 1.93. The van der Waals surface area contributed by atoms with Gasteiger partial charge in [-0.15, -0.1) is 0 Å². The quantitative estimate of drug-likeness (QED) is 0.791. The van der Waals surface area contributed by atoms with Gasteiger partial charge in [0, 0.05) is 19.3 Å². The van der Waals surface area contributed by atoms with Gasteiger partial charge in [0.05, 0.1) is 0 Å². The fourth-order valence-electron chi connectivity index (χ4n) is 3.27. The molecule has 2 heteroatoms.